The number of anilines is 1. The highest BCUT2D eigenvalue weighted by atomic mass is 32.1. The molecule has 0 amide bonds. The Balaban J connectivity index is 1.92. The SMILES string of the molecule is Cc1ccc(C(C)NC(=S)Nc2ccccc2)o1. The number of nitrogens with one attached hydrogen (secondary N) is 2. The van der Waals surface area contributed by atoms with Crippen molar-refractivity contribution in [1.29, 1.82) is 0 Å². The van der Waals surface area contributed by atoms with Crippen molar-refractivity contribution in [2.75, 3.05) is 5.32 Å². The molecule has 1 aromatic carbocycles. The van der Waals surface area contributed by atoms with Crippen LogP contribution in [-0.2, 0) is 0 Å². The highest BCUT2D eigenvalue weighted by Crippen LogP contribution is 2.15. The third-order valence-corrected chi connectivity index (χ3v) is 2.79. The molecule has 0 saturated heterocycles. The monoisotopic (exact) mass is 260 g/mol. The van der Waals surface area contributed by atoms with Crippen molar-refractivity contribution < 1.29 is 4.42 Å². The standard InChI is InChI=1S/C14H16N2OS/c1-10-8-9-13(17-10)11(2)15-14(18)16-12-6-4-3-5-7-12/h3-9,11H,1-2H3,(H2,15,16,18). The molecule has 0 spiro atoms. The summed E-state index contributed by atoms with van der Waals surface area (Å²) in [5.41, 5.74) is 0.970. The van der Waals surface area contributed by atoms with Gasteiger partial charge in [0, 0.05) is 5.69 Å². The number of hydrogen-bond acceptors (Lipinski definition) is 2. The smallest absolute Gasteiger partial charge is 0.171 e. The van der Waals surface area contributed by atoms with E-state index in [1.165, 1.54) is 0 Å². The summed E-state index contributed by atoms with van der Waals surface area (Å²) in [7, 11) is 0. The van der Waals surface area contributed by atoms with E-state index < -0.39 is 0 Å². The zero-order valence-corrected chi connectivity index (χ0v) is 11.3. The van der Waals surface area contributed by atoms with Crippen molar-refractivity contribution in [3.05, 3.63) is 54.0 Å². The molecule has 2 N–H and O–H groups in total. The van der Waals surface area contributed by atoms with Crippen LogP contribution in [-0.4, -0.2) is 5.11 Å². The van der Waals surface area contributed by atoms with E-state index in [0.717, 1.165) is 17.2 Å². The van der Waals surface area contributed by atoms with Crippen LogP contribution in [0.5, 0.6) is 0 Å². The van der Waals surface area contributed by atoms with Crippen LogP contribution in [0, 0.1) is 6.92 Å². The summed E-state index contributed by atoms with van der Waals surface area (Å²) in [5, 5.41) is 6.90. The van der Waals surface area contributed by atoms with Crippen LogP contribution >= 0.6 is 12.2 Å². The second-order valence-corrected chi connectivity index (χ2v) is 4.54. The maximum atomic E-state index is 5.55. The van der Waals surface area contributed by atoms with Crippen molar-refractivity contribution in [3.63, 3.8) is 0 Å². The topological polar surface area (TPSA) is 37.2 Å². The van der Waals surface area contributed by atoms with E-state index in [9.17, 15) is 0 Å². The molecule has 0 radical (unpaired) electrons. The lowest BCUT2D eigenvalue weighted by atomic mass is 10.2. The van der Waals surface area contributed by atoms with Gasteiger partial charge in [0.25, 0.3) is 0 Å². The molecule has 0 bridgehead atoms. The van der Waals surface area contributed by atoms with E-state index in [-0.39, 0.29) is 6.04 Å². The lowest BCUT2D eigenvalue weighted by Gasteiger charge is -2.15. The normalized spacial score (nSPS) is 11.9. The minimum absolute atomic E-state index is 0.0439. The Kier molecular flexibility index (Phi) is 3.99. The van der Waals surface area contributed by atoms with Crippen LogP contribution in [0.1, 0.15) is 24.5 Å². The van der Waals surface area contributed by atoms with Crippen LogP contribution in [0.15, 0.2) is 46.9 Å². The number of para-hydroxylation sites is 1. The van der Waals surface area contributed by atoms with Crippen molar-refractivity contribution in [2.24, 2.45) is 0 Å². The molecule has 3 nitrogen and oxygen atoms in total. The second kappa shape index (κ2) is 5.69. The summed E-state index contributed by atoms with van der Waals surface area (Å²) in [4.78, 5) is 0. The first-order valence-electron chi connectivity index (χ1n) is 5.84. The van der Waals surface area contributed by atoms with Gasteiger partial charge < -0.3 is 15.1 Å². The maximum Gasteiger partial charge on any atom is 0.171 e. The van der Waals surface area contributed by atoms with Crippen molar-refractivity contribution >= 4 is 23.0 Å². The summed E-state index contributed by atoms with van der Waals surface area (Å²) < 4.78 is 5.55. The van der Waals surface area contributed by atoms with Gasteiger partial charge in [0.1, 0.15) is 11.5 Å². The maximum absolute atomic E-state index is 5.55. The lowest BCUT2D eigenvalue weighted by molar-refractivity contribution is 0.444. The van der Waals surface area contributed by atoms with Gasteiger partial charge >= 0.3 is 0 Å². The van der Waals surface area contributed by atoms with Crippen LogP contribution in [0.4, 0.5) is 5.69 Å². The summed E-state index contributed by atoms with van der Waals surface area (Å²) in [6, 6.07) is 13.8. The lowest BCUT2D eigenvalue weighted by Crippen LogP contribution is -2.30. The molecular formula is C14H16N2OS. The quantitative estimate of drug-likeness (QED) is 0.826. The van der Waals surface area contributed by atoms with E-state index in [4.69, 9.17) is 16.6 Å². The number of furan rings is 1. The third kappa shape index (κ3) is 3.34. The van der Waals surface area contributed by atoms with Crippen molar-refractivity contribution in [2.45, 2.75) is 19.9 Å². The van der Waals surface area contributed by atoms with E-state index in [0.29, 0.717) is 5.11 Å². The van der Waals surface area contributed by atoms with Gasteiger partial charge in [-0.1, -0.05) is 18.2 Å². The van der Waals surface area contributed by atoms with E-state index in [1.54, 1.807) is 0 Å². The fraction of sp³-hybridized carbons (Fsp3) is 0.214. The molecule has 1 unspecified atom stereocenters. The van der Waals surface area contributed by atoms with E-state index in [2.05, 4.69) is 10.6 Å². The molecule has 4 heteroatoms. The highest BCUT2D eigenvalue weighted by molar-refractivity contribution is 7.80. The molecule has 2 rings (SSSR count). The second-order valence-electron chi connectivity index (χ2n) is 4.13. The molecular weight excluding hydrogens is 244 g/mol. The van der Waals surface area contributed by atoms with Gasteiger partial charge in [0.05, 0.1) is 6.04 Å². The van der Waals surface area contributed by atoms with Crippen LogP contribution in [0.25, 0.3) is 0 Å². The van der Waals surface area contributed by atoms with Gasteiger partial charge in [-0.05, 0) is 50.3 Å². The molecule has 18 heavy (non-hydrogen) atoms. The fourth-order valence-electron chi connectivity index (χ4n) is 1.64. The molecule has 0 aliphatic heterocycles. The molecule has 0 fully saturated rings. The molecule has 0 aliphatic carbocycles. The zero-order valence-electron chi connectivity index (χ0n) is 10.4. The van der Waals surface area contributed by atoms with Gasteiger partial charge in [-0.25, -0.2) is 0 Å². The molecule has 0 aliphatic rings. The molecule has 0 saturated carbocycles. The Bertz CT molecular complexity index is 522. The summed E-state index contributed by atoms with van der Waals surface area (Å²) in [6.45, 7) is 3.94. The van der Waals surface area contributed by atoms with Gasteiger partial charge in [0.15, 0.2) is 5.11 Å². The molecule has 2 aromatic rings. The minimum Gasteiger partial charge on any atom is -0.464 e. The average molecular weight is 260 g/mol. The predicted molar refractivity (Wildman–Crippen MR) is 77.7 cm³/mol. The predicted octanol–water partition coefficient (Wildman–Crippen LogP) is 3.64. The van der Waals surface area contributed by atoms with Crippen LogP contribution < -0.4 is 10.6 Å². The van der Waals surface area contributed by atoms with Gasteiger partial charge in [-0.2, -0.15) is 0 Å². The van der Waals surface area contributed by atoms with E-state index >= 15 is 0 Å². The summed E-state index contributed by atoms with van der Waals surface area (Å²) in [6.07, 6.45) is 0. The fourth-order valence-corrected chi connectivity index (χ4v) is 1.94. The minimum atomic E-state index is 0.0439. The van der Waals surface area contributed by atoms with Crippen molar-refractivity contribution in [3.8, 4) is 0 Å². The first-order chi connectivity index (χ1) is 8.65. The Morgan fingerprint density at radius 3 is 2.50 bits per heavy atom. The number of hydrogen-bond donors (Lipinski definition) is 2. The first kappa shape index (κ1) is 12.6. The van der Waals surface area contributed by atoms with Gasteiger partial charge in [0.2, 0.25) is 0 Å². The molecule has 1 atom stereocenters. The van der Waals surface area contributed by atoms with Crippen LogP contribution in [0.3, 0.4) is 0 Å². The van der Waals surface area contributed by atoms with E-state index in [1.807, 2.05) is 56.3 Å². The number of thiocarbonyl (C=S) groups is 1. The summed E-state index contributed by atoms with van der Waals surface area (Å²) in [5.74, 6) is 1.78. The largest absolute Gasteiger partial charge is 0.464 e. The number of rotatable bonds is 3. The average Bonchev–Trinajstić information content (AvgIpc) is 2.77. The number of aryl methyl sites for hydroxylation is 1. The number of benzene rings is 1. The first-order valence-corrected chi connectivity index (χ1v) is 6.25. The third-order valence-electron chi connectivity index (χ3n) is 2.57. The zero-order chi connectivity index (χ0) is 13.0. The van der Waals surface area contributed by atoms with Gasteiger partial charge in [-0.3, -0.25) is 0 Å². The Hall–Kier alpha value is -1.81. The van der Waals surface area contributed by atoms with Crippen LogP contribution in [0.2, 0.25) is 0 Å². The Morgan fingerprint density at radius 2 is 1.89 bits per heavy atom. The Labute approximate surface area is 112 Å². The molecule has 1 aromatic heterocycles. The molecule has 94 valence electrons. The highest BCUT2D eigenvalue weighted by Gasteiger charge is 2.10. The van der Waals surface area contributed by atoms with Gasteiger partial charge in [-0.15, -0.1) is 0 Å². The summed E-state index contributed by atoms with van der Waals surface area (Å²) >= 11 is 5.26. The Morgan fingerprint density at radius 1 is 1.17 bits per heavy atom. The van der Waals surface area contributed by atoms with Crippen molar-refractivity contribution in [1.82, 2.24) is 5.32 Å². The molecule has 1 heterocycles.